The maximum Gasteiger partial charge on any atom is 0.255 e. The predicted molar refractivity (Wildman–Crippen MR) is 123 cm³/mol. The van der Waals surface area contributed by atoms with Gasteiger partial charge in [0.15, 0.2) is 0 Å². The molecule has 7 heteroatoms. The van der Waals surface area contributed by atoms with Crippen LogP contribution in [0, 0.1) is 11.7 Å². The summed E-state index contributed by atoms with van der Waals surface area (Å²) in [5.41, 5.74) is 1.76. The Bertz CT molecular complexity index is 946. The molecule has 2 aromatic rings. The van der Waals surface area contributed by atoms with E-state index in [2.05, 4.69) is 15.5 Å². The summed E-state index contributed by atoms with van der Waals surface area (Å²) in [5.74, 6) is 0.0213. The number of carbonyl (C=O) groups excluding carboxylic acids is 2. The van der Waals surface area contributed by atoms with Crippen LogP contribution in [0.25, 0.3) is 0 Å². The van der Waals surface area contributed by atoms with Gasteiger partial charge in [-0.05, 0) is 88.7 Å². The van der Waals surface area contributed by atoms with Crippen molar-refractivity contribution >= 4 is 17.5 Å². The molecule has 2 aromatic carbocycles. The Morgan fingerprint density at radius 2 is 1.75 bits per heavy atom. The number of rotatable bonds is 6. The van der Waals surface area contributed by atoms with Gasteiger partial charge in [0.05, 0.1) is 12.8 Å². The predicted octanol–water partition coefficient (Wildman–Crippen LogP) is 4.21. The first-order valence-corrected chi connectivity index (χ1v) is 10.9. The highest BCUT2D eigenvalue weighted by molar-refractivity contribution is 6.05. The number of carbonyl (C=O) groups is 2. The number of hydrogen-bond acceptors (Lipinski definition) is 4. The van der Waals surface area contributed by atoms with Gasteiger partial charge in [-0.1, -0.05) is 6.07 Å². The van der Waals surface area contributed by atoms with Crippen molar-refractivity contribution in [2.24, 2.45) is 5.92 Å². The van der Waals surface area contributed by atoms with Gasteiger partial charge in [0, 0.05) is 23.6 Å². The summed E-state index contributed by atoms with van der Waals surface area (Å²) in [4.78, 5) is 27.3. The average molecular weight is 442 g/mol. The van der Waals surface area contributed by atoms with E-state index in [1.165, 1.54) is 24.3 Å². The van der Waals surface area contributed by atoms with E-state index in [0.29, 0.717) is 17.0 Å². The summed E-state index contributed by atoms with van der Waals surface area (Å²) in [6, 6.07) is 11.1. The summed E-state index contributed by atoms with van der Waals surface area (Å²) in [6.45, 7) is 8.39. The molecule has 172 valence electrons. The molecule has 1 aliphatic heterocycles. The van der Waals surface area contributed by atoms with Crippen LogP contribution in [0.3, 0.4) is 0 Å². The van der Waals surface area contributed by atoms with Crippen LogP contribution in [0.1, 0.15) is 49.5 Å². The normalized spacial score (nSPS) is 15.3. The van der Waals surface area contributed by atoms with Gasteiger partial charge in [-0.25, -0.2) is 4.39 Å². The maximum absolute atomic E-state index is 13.1. The molecule has 2 N–H and O–H groups in total. The average Bonchev–Trinajstić information content (AvgIpc) is 2.74. The summed E-state index contributed by atoms with van der Waals surface area (Å²) in [7, 11) is 1.55. The van der Waals surface area contributed by atoms with Crippen LogP contribution in [-0.2, 0) is 11.3 Å². The molecule has 32 heavy (non-hydrogen) atoms. The van der Waals surface area contributed by atoms with Gasteiger partial charge in [-0.2, -0.15) is 0 Å². The van der Waals surface area contributed by atoms with Crippen molar-refractivity contribution in [1.29, 1.82) is 0 Å². The molecule has 1 heterocycles. The molecule has 3 rings (SSSR count). The van der Waals surface area contributed by atoms with Gasteiger partial charge < -0.3 is 15.4 Å². The number of nitrogens with zero attached hydrogens (tertiary/aromatic N) is 1. The summed E-state index contributed by atoms with van der Waals surface area (Å²) < 4.78 is 18.5. The zero-order valence-electron chi connectivity index (χ0n) is 19.2. The Hall–Kier alpha value is -2.93. The molecule has 1 saturated heterocycles. The first-order valence-electron chi connectivity index (χ1n) is 10.9. The minimum Gasteiger partial charge on any atom is -0.495 e. The zero-order valence-corrected chi connectivity index (χ0v) is 19.2. The second-order valence-electron chi connectivity index (χ2n) is 9.29. The number of nitrogens with one attached hydrogen (secondary N) is 2. The highest BCUT2D eigenvalue weighted by Crippen LogP contribution is 2.28. The lowest BCUT2D eigenvalue weighted by atomic mass is 9.94. The Morgan fingerprint density at radius 1 is 1.09 bits per heavy atom. The molecule has 2 amide bonds. The van der Waals surface area contributed by atoms with Crippen molar-refractivity contribution in [3.8, 4) is 5.75 Å². The third kappa shape index (κ3) is 6.53. The van der Waals surface area contributed by atoms with Crippen molar-refractivity contribution in [3.05, 3.63) is 59.4 Å². The molecule has 0 saturated carbocycles. The Balaban J connectivity index is 1.61. The summed E-state index contributed by atoms with van der Waals surface area (Å²) in [6.07, 6.45) is 1.65. The largest absolute Gasteiger partial charge is 0.495 e. The monoisotopic (exact) mass is 441 g/mol. The Morgan fingerprint density at radius 3 is 2.34 bits per heavy atom. The number of anilines is 1. The number of piperidine rings is 1. The molecule has 0 radical (unpaired) electrons. The SMILES string of the molecule is COc1ccc(CN2CCC(C(=O)NC(C)(C)C)CC2)cc1NC(=O)c1ccc(F)cc1. The van der Waals surface area contributed by atoms with Gasteiger partial charge in [0.2, 0.25) is 5.91 Å². The quantitative estimate of drug-likeness (QED) is 0.704. The fourth-order valence-electron chi connectivity index (χ4n) is 3.83. The standard InChI is InChI=1S/C25H32FN3O3/c1-25(2,3)28-24(31)19-11-13-29(14-12-19)16-17-5-10-22(32-4)21(15-17)27-23(30)18-6-8-20(26)9-7-18/h5-10,15,19H,11-14,16H2,1-4H3,(H,27,30)(H,28,31). The lowest BCUT2D eigenvalue weighted by Crippen LogP contribution is -2.46. The second-order valence-corrected chi connectivity index (χ2v) is 9.29. The van der Waals surface area contributed by atoms with Crippen LogP contribution in [0.5, 0.6) is 5.75 Å². The van der Waals surface area contributed by atoms with E-state index in [0.717, 1.165) is 38.0 Å². The van der Waals surface area contributed by atoms with Crippen LogP contribution < -0.4 is 15.4 Å². The third-order valence-corrected chi connectivity index (χ3v) is 5.48. The molecule has 0 unspecified atom stereocenters. The molecular formula is C25H32FN3O3. The number of methoxy groups -OCH3 is 1. The third-order valence-electron chi connectivity index (χ3n) is 5.48. The zero-order chi connectivity index (χ0) is 23.3. The van der Waals surface area contributed by atoms with E-state index >= 15 is 0 Å². The number of ether oxygens (including phenoxy) is 1. The van der Waals surface area contributed by atoms with Crippen LogP contribution in [0.15, 0.2) is 42.5 Å². The van der Waals surface area contributed by atoms with Crippen LogP contribution in [0.2, 0.25) is 0 Å². The van der Waals surface area contributed by atoms with Gasteiger partial charge >= 0.3 is 0 Å². The Labute approximate surface area is 189 Å². The molecule has 0 aliphatic carbocycles. The fraction of sp³-hybridized carbons (Fsp3) is 0.440. The van der Waals surface area contributed by atoms with Crippen molar-refractivity contribution in [2.45, 2.75) is 45.7 Å². The van der Waals surface area contributed by atoms with Crippen LogP contribution >= 0.6 is 0 Å². The molecule has 1 fully saturated rings. The van der Waals surface area contributed by atoms with E-state index in [9.17, 15) is 14.0 Å². The highest BCUT2D eigenvalue weighted by Gasteiger charge is 2.27. The molecule has 0 bridgehead atoms. The number of likely N-dealkylation sites (tertiary alicyclic amines) is 1. The van der Waals surface area contributed by atoms with Crippen molar-refractivity contribution < 1.29 is 18.7 Å². The number of halogens is 1. The summed E-state index contributed by atoms with van der Waals surface area (Å²) >= 11 is 0. The number of hydrogen-bond donors (Lipinski definition) is 2. The first-order chi connectivity index (χ1) is 15.1. The summed E-state index contributed by atoms with van der Waals surface area (Å²) in [5, 5.41) is 5.94. The molecule has 0 aromatic heterocycles. The number of benzene rings is 2. The van der Waals surface area contributed by atoms with Crippen molar-refractivity contribution in [1.82, 2.24) is 10.2 Å². The van der Waals surface area contributed by atoms with E-state index in [1.807, 2.05) is 39.0 Å². The molecular weight excluding hydrogens is 409 g/mol. The lowest BCUT2D eigenvalue weighted by Gasteiger charge is -2.33. The van der Waals surface area contributed by atoms with E-state index in [4.69, 9.17) is 4.74 Å². The highest BCUT2D eigenvalue weighted by atomic mass is 19.1. The fourth-order valence-corrected chi connectivity index (χ4v) is 3.83. The number of amides is 2. The van der Waals surface area contributed by atoms with Crippen molar-refractivity contribution in [2.75, 3.05) is 25.5 Å². The van der Waals surface area contributed by atoms with Gasteiger partial charge in [-0.15, -0.1) is 0 Å². The maximum atomic E-state index is 13.1. The minimum absolute atomic E-state index is 0.0481. The Kier molecular flexibility index (Phi) is 7.51. The first kappa shape index (κ1) is 23.7. The molecule has 1 aliphatic rings. The van der Waals surface area contributed by atoms with Gasteiger partial charge in [0.1, 0.15) is 11.6 Å². The van der Waals surface area contributed by atoms with Crippen LogP contribution in [-0.4, -0.2) is 42.5 Å². The van der Waals surface area contributed by atoms with E-state index in [-0.39, 0.29) is 29.1 Å². The smallest absolute Gasteiger partial charge is 0.255 e. The lowest BCUT2D eigenvalue weighted by molar-refractivity contribution is -0.127. The topological polar surface area (TPSA) is 70.7 Å². The molecule has 0 atom stereocenters. The van der Waals surface area contributed by atoms with E-state index in [1.54, 1.807) is 7.11 Å². The second kappa shape index (κ2) is 10.1. The van der Waals surface area contributed by atoms with Gasteiger partial charge in [-0.3, -0.25) is 14.5 Å². The van der Waals surface area contributed by atoms with Crippen LogP contribution in [0.4, 0.5) is 10.1 Å². The minimum atomic E-state index is -0.388. The molecule has 6 nitrogen and oxygen atoms in total. The molecule has 0 spiro atoms. The van der Waals surface area contributed by atoms with Crippen molar-refractivity contribution in [3.63, 3.8) is 0 Å². The van der Waals surface area contributed by atoms with E-state index < -0.39 is 0 Å². The van der Waals surface area contributed by atoms with Gasteiger partial charge in [0.25, 0.3) is 5.91 Å².